The maximum atomic E-state index is 12.7. The Morgan fingerprint density at radius 3 is 3.12 bits per heavy atom. The molecule has 0 bridgehead atoms. The van der Waals surface area contributed by atoms with Crippen molar-refractivity contribution in [3.05, 3.63) is 35.1 Å². The van der Waals surface area contributed by atoms with Crippen molar-refractivity contribution in [1.82, 2.24) is 20.1 Å². The van der Waals surface area contributed by atoms with Gasteiger partial charge in [-0.3, -0.25) is 20.0 Å². The highest BCUT2D eigenvalue weighted by Crippen LogP contribution is 2.22. The predicted octanol–water partition coefficient (Wildman–Crippen LogP) is 2.88. The number of carbonyl (C=O) groups excluding carboxylic acids is 1. The number of nitrogens with one attached hydrogen (secondary N) is 1. The molecule has 1 saturated heterocycles. The molecule has 0 saturated carbocycles. The summed E-state index contributed by atoms with van der Waals surface area (Å²) in [5.41, 5.74) is 1.14. The van der Waals surface area contributed by atoms with Crippen LogP contribution in [-0.2, 0) is 17.8 Å². The average molecular weight is 345 g/mol. The molecule has 1 unspecified atom stereocenters. The second-order valence-corrected chi connectivity index (χ2v) is 7.15. The van der Waals surface area contributed by atoms with Gasteiger partial charge in [-0.15, -0.1) is 10.2 Å². The van der Waals surface area contributed by atoms with Crippen molar-refractivity contribution < 1.29 is 4.79 Å². The summed E-state index contributed by atoms with van der Waals surface area (Å²) in [5, 5.41) is 12.7. The van der Waals surface area contributed by atoms with Gasteiger partial charge in [-0.2, -0.15) is 0 Å². The summed E-state index contributed by atoms with van der Waals surface area (Å²) in [6, 6.07) is 3.88. The Balaban J connectivity index is 1.64. The van der Waals surface area contributed by atoms with Crippen molar-refractivity contribution in [1.29, 1.82) is 0 Å². The normalized spacial score (nSPS) is 18.5. The van der Waals surface area contributed by atoms with Crippen molar-refractivity contribution in [2.45, 2.75) is 51.6 Å². The number of hydrogen-bond acceptors (Lipinski definition) is 6. The van der Waals surface area contributed by atoms with E-state index in [4.69, 9.17) is 0 Å². The van der Waals surface area contributed by atoms with Crippen LogP contribution in [0, 0.1) is 0 Å². The topological polar surface area (TPSA) is 71.0 Å². The molecule has 1 N–H and O–H groups in total. The molecule has 0 radical (unpaired) electrons. The number of pyridine rings is 1. The SMILES string of the molecule is CCCc1nnc(NC(=O)C2CCCCN2Cc2cccnc2)s1. The van der Waals surface area contributed by atoms with Crippen LogP contribution in [0.5, 0.6) is 0 Å². The van der Waals surface area contributed by atoms with Gasteiger partial charge in [0.1, 0.15) is 5.01 Å². The highest BCUT2D eigenvalue weighted by molar-refractivity contribution is 7.15. The number of rotatable bonds is 6. The molecule has 1 atom stereocenters. The van der Waals surface area contributed by atoms with E-state index in [0.717, 1.165) is 55.8 Å². The molecule has 1 fully saturated rings. The Bertz CT molecular complexity index is 660. The standard InChI is InChI=1S/C17H23N5OS/c1-2-6-15-20-21-17(24-15)19-16(23)14-8-3-4-10-22(14)12-13-7-5-9-18-11-13/h5,7,9,11,14H,2-4,6,8,10,12H2,1H3,(H,19,21,23). The van der Waals surface area contributed by atoms with E-state index >= 15 is 0 Å². The van der Waals surface area contributed by atoms with Crippen LogP contribution >= 0.6 is 11.3 Å². The molecule has 24 heavy (non-hydrogen) atoms. The monoisotopic (exact) mass is 345 g/mol. The molecule has 2 aromatic heterocycles. The minimum Gasteiger partial charge on any atom is -0.299 e. The zero-order chi connectivity index (χ0) is 16.8. The van der Waals surface area contributed by atoms with Gasteiger partial charge in [-0.25, -0.2) is 0 Å². The lowest BCUT2D eigenvalue weighted by Gasteiger charge is -2.34. The first-order chi connectivity index (χ1) is 11.8. The van der Waals surface area contributed by atoms with Gasteiger partial charge in [-0.1, -0.05) is 30.7 Å². The van der Waals surface area contributed by atoms with Gasteiger partial charge < -0.3 is 0 Å². The molecule has 0 aromatic carbocycles. The number of hydrogen-bond donors (Lipinski definition) is 1. The van der Waals surface area contributed by atoms with E-state index < -0.39 is 0 Å². The van der Waals surface area contributed by atoms with Crippen LogP contribution in [-0.4, -0.2) is 38.6 Å². The number of amides is 1. The van der Waals surface area contributed by atoms with Crippen LogP contribution < -0.4 is 5.32 Å². The molecule has 0 aliphatic carbocycles. The lowest BCUT2D eigenvalue weighted by molar-refractivity contribution is -0.122. The van der Waals surface area contributed by atoms with Gasteiger partial charge in [0.15, 0.2) is 0 Å². The summed E-state index contributed by atoms with van der Waals surface area (Å²) in [4.78, 5) is 19.1. The molecule has 1 aliphatic heterocycles. The van der Waals surface area contributed by atoms with Gasteiger partial charge in [0, 0.05) is 25.4 Å². The maximum absolute atomic E-state index is 12.7. The van der Waals surface area contributed by atoms with Crippen LogP contribution in [0.3, 0.4) is 0 Å². The first-order valence-electron chi connectivity index (χ1n) is 8.52. The van der Waals surface area contributed by atoms with Gasteiger partial charge in [0.05, 0.1) is 6.04 Å². The minimum absolute atomic E-state index is 0.0257. The summed E-state index contributed by atoms with van der Waals surface area (Å²) in [6.07, 6.45) is 8.67. The lowest BCUT2D eigenvalue weighted by atomic mass is 10.0. The Kier molecular flexibility index (Phi) is 5.87. The largest absolute Gasteiger partial charge is 0.299 e. The van der Waals surface area contributed by atoms with Gasteiger partial charge >= 0.3 is 0 Å². The average Bonchev–Trinajstić information content (AvgIpc) is 3.03. The van der Waals surface area contributed by atoms with E-state index in [9.17, 15) is 4.79 Å². The van der Waals surface area contributed by atoms with Crippen molar-refractivity contribution in [3.8, 4) is 0 Å². The Morgan fingerprint density at radius 1 is 1.42 bits per heavy atom. The number of anilines is 1. The molecule has 6 nitrogen and oxygen atoms in total. The van der Waals surface area contributed by atoms with Gasteiger partial charge in [0.25, 0.3) is 0 Å². The highest BCUT2D eigenvalue weighted by atomic mass is 32.1. The Morgan fingerprint density at radius 2 is 2.33 bits per heavy atom. The smallest absolute Gasteiger partial charge is 0.243 e. The fourth-order valence-corrected chi connectivity index (χ4v) is 3.86. The van der Waals surface area contributed by atoms with Crippen molar-refractivity contribution >= 4 is 22.4 Å². The van der Waals surface area contributed by atoms with Gasteiger partial charge in [0.2, 0.25) is 11.0 Å². The number of piperidine rings is 1. The van der Waals surface area contributed by atoms with E-state index in [0.29, 0.717) is 5.13 Å². The zero-order valence-electron chi connectivity index (χ0n) is 13.9. The molecule has 2 aromatic rings. The first-order valence-corrected chi connectivity index (χ1v) is 9.34. The van der Waals surface area contributed by atoms with Crippen molar-refractivity contribution in [2.75, 3.05) is 11.9 Å². The summed E-state index contributed by atoms with van der Waals surface area (Å²) in [6.45, 7) is 3.80. The summed E-state index contributed by atoms with van der Waals surface area (Å²) >= 11 is 1.47. The summed E-state index contributed by atoms with van der Waals surface area (Å²) in [7, 11) is 0. The van der Waals surface area contributed by atoms with E-state index in [2.05, 4.69) is 38.4 Å². The quantitative estimate of drug-likeness (QED) is 0.872. The van der Waals surface area contributed by atoms with E-state index in [1.54, 1.807) is 6.20 Å². The van der Waals surface area contributed by atoms with Gasteiger partial charge in [-0.05, 0) is 37.4 Å². The van der Waals surface area contributed by atoms with Crippen LogP contribution in [0.15, 0.2) is 24.5 Å². The van der Waals surface area contributed by atoms with Crippen molar-refractivity contribution in [2.24, 2.45) is 0 Å². The molecule has 0 spiro atoms. The first kappa shape index (κ1) is 17.0. The predicted molar refractivity (Wildman–Crippen MR) is 94.8 cm³/mol. The zero-order valence-corrected chi connectivity index (χ0v) is 14.8. The van der Waals surface area contributed by atoms with Crippen LogP contribution in [0.2, 0.25) is 0 Å². The molecule has 1 amide bonds. The second kappa shape index (κ2) is 8.30. The van der Waals surface area contributed by atoms with Crippen LogP contribution in [0.1, 0.15) is 43.2 Å². The number of aromatic nitrogens is 3. The summed E-state index contributed by atoms with van der Waals surface area (Å²) < 4.78 is 0. The van der Waals surface area contributed by atoms with Crippen LogP contribution in [0.4, 0.5) is 5.13 Å². The molecular formula is C17H23N5OS. The van der Waals surface area contributed by atoms with Crippen molar-refractivity contribution in [3.63, 3.8) is 0 Å². The molecule has 3 rings (SSSR count). The fraction of sp³-hybridized carbons (Fsp3) is 0.529. The molecular weight excluding hydrogens is 322 g/mol. The highest BCUT2D eigenvalue weighted by Gasteiger charge is 2.29. The fourth-order valence-electron chi connectivity index (χ4n) is 3.01. The number of carbonyl (C=O) groups is 1. The summed E-state index contributed by atoms with van der Waals surface area (Å²) in [5.74, 6) is 0.0257. The number of nitrogens with zero attached hydrogens (tertiary/aromatic N) is 4. The third kappa shape index (κ3) is 4.36. The number of aryl methyl sites for hydroxylation is 1. The van der Waals surface area contributed by atoms with E-state index in [-0.39, 0.29) is 11.9 Å². The van der Waals surface area contributed by atoms with E-state index in [1.165, 1.54) is 11.3 Å². The third-order valence-electron chi connectivity index (χ3n) is 4.19. The molecule has 7 heteroatoms. The minimum atomic E-state index is -0.113. The van der Waals surface area contributed by atoms with E-state index in [1.807, 2.05) is 12.3 Å². The molecule has 128 valence electrons. The van der Waals surface area contributed by atoms with Crippen LogP contribution in [0.25, 0.3) is 0 Å². The molecule has 1 aliphatic rings. The third-order valence-corrected chi connectivity index (χ3v) is 5.08. The lowest BCUT2D eigenvalue weighted by Crippen LogP contribution is -2.46. The Labute approximate surface area is 146 Å². The molecule has 3 heterocycles. The second-order valence-electron chi connectivity index (χ2n) is 6.08. The maximum Gasteiger partial charge on any atom is 0.243 e. The number of likely N-dealkylation sites (tertiary alicyclic amines) is 1. The Hall–Kier alpha value is -1.86.